The van der Waals surface area contributed by atoms with E-state index in [0.717, 1.165) is 37.2 Å². The third-order valence-electron chi connectivity index (χ3n) is 6.02. The Morgan fingerprint density at radius 2 is 1.79 bits per heavy atom. The van der Waals surface area contributed by atoms with Gasteiger partial charge < -0.3 is 0 Å². The van der Waals surface area contributed by atoms with Crippen LogP contribution in [-0.2, 0) is 6.42 Å². The van der Waals surface area contributed by atoms with Crippen LogP contribution in [0.4, 0.5) is 5.69 Å². The van der Waals surface area contributed by atoms with Crippen molar-refractivity contribution in [3.63, 3.8) is 0 Å². The number of nitrogens with zero attached hydrogens (tertiary/aromatic N) is 2. The zero-order valence-corrected chi connectivity index (χ0v) is 22.0. The van der Waals surface area contributed by atoms with Crippen molar-refractivity contribution in [3.8, 4) is 0 Å². The van der Waals surface area contributed by atoms with Gasteiger partial charge in [-0.2, -0.15) is 0 Å². The maximum absolute atomic E-state index is 13.6. The van der Waals surface area contributed by atoms with E-state index in [1.807, 2.05) is 23.1 Å². The third kappa shape index (κ3) is 5.89. The van der Waals surface area contributed by atoms with Crippen molar-refractivity contribution in [1.29, 1.82) is 0 Å². The second-order valence-electron chi connectivity index (χ2n) is 8.39. The van der Waals surface area contributed by atoms with Crippen LogP contribution in [0.2, 0.25) is 0 Å². The van der Waals surface area contributed by atoms with Crippen LogP contribution in [0.3, 0.4) is 0 Å². The van der Waals surface area contributed by atoms with E-state index in [2.05, 4.69) is 66.9 Å². The average molecular weight is 542 g/mol. The van der Waals surface area contributed by atoms with E-state index in [1.54, 1.807) is 6.07 Å². The molecule has 0 aliphatic carbocycles. The maximum atomic E-state index is 13.6. The summed E-state index contributed by atoms with van der Waals surface area (Å²) >= 11 is -1.02. The number of hydrogen-bond acceptors (Lipinski definition) is 6. The van der Waals surface area contributed by atoms with E-state index in [-0.39, 0.29) is 5.91 Å². The minimum absolute atomic E-state index is 0.0770. The third-order valence-corrected chi connectivity index (χ3v) is 19.8. The molecule has 1 amide bonds. The number of hydrogen-bond donors (Lipinski definition) is 1. The summed E-state index contributed by atoms with van der Waals surface area (Å²) in [4.78, 5) is 15.5. The predicted octanol–water partition coefficient (Wildman–Crippen LogP) is 4.09. The summed E-state index contributed by atoms with van der Waals surface area (Å²) in [6.07, 6.45) is 2.80. The van der Waals surface area contributed by atoms with Gasteiger partial charge in [-0.05, 0) is 0 Å². The van der Waals surface area contributed by atoms with Crippen molar-refractivity contribution >= 4 is 48.3 Å². The molecule has 3 heterocycles. The van der Waals surface area contributed by atoms with Gasteiger partial charge in [-0.15, -0.1) is 0 Å². The summed E-state index contributed by atoms with van der Waals surface area (Å²) < 4.78 is 7.02. The number of amides is 1. The molecule has 0 atom stereocenters. The molecule has 2 fully saturated rings. The Labute approximate surface area is 206 Å². The first-order valence-corrected chi connectivity index (χ1v) is 18.9. The summed E-state index contributed by atoms with van der Waals surface area (Å²) in [6, 6.07) is 20.7. The molecule has 1 aromatic heterocycles. The van der Waals surface area contributed by atoms with Gasteiger partial charge in [-0.3, -0.25) is 0 Å². The molecule has 0 spiro atoms. The molecular weight excluding hydrogens is 513 g/mol. The van der Waals surface area contributed by atoms with Crippen LogP contribution in [0.5, 0.6) is 0 Å². The molecule has 33 heavy (non-hydrogen) atoms. The Balaban J connectivity index is 1.36. The molecule has 5 nitrogen and oxygen atoms in total. The fourth-order valence-electron chi connectivity index (χ4n) is 4.24. The van der Waals surface area contributed by atoms with Crippen molar-refractivity contribution < 1.29 is 9.32 Å². The van der Waals surface area contributed by atoms with E-state index >= 15 is 0 Å². The number of aromatic nitrogens is 1. The van der Waals surface area contributed by atoms with Gasteiger partial charge in [-0.1, -0.05) is 18.2 Å². The van der Waals surface area contributed by atoms with Crippen molar-refractivity contribution in [2.75, 3.05) is 36.0 Å². The van der Waals surface area contributed by atoms with Crippen LogP contribution >= 0.6 is 20.0 Å². The topological polar surface area (TPSA) is 58.4 Å². The Morgan fingerprint density at radius 1 is 1.06 bits per heavy atom. The Bertz CT molecular complexity index is 1050. The number of anilines is 1. The Kier molecular flexibility index (Phi) is 7.82. The summed E-state index contributed by atoms with van der Waals surface area (Å²) in [6.45, 7) is 2.74. The molecule has 2 aromatic carbocycles. The summed E-state index contributed by atoms with van der Waals surface area (Å²) in [7, 11) is 4.29. The molecule has 0 saturated carbocycles. The van der Waals surface area contributed by atoms with E-state index in [9.17, 15) is 4.79 Å². The van der Waals surface area contributed by atoms with Gasteiger partial charge in [0.1, 0.15) is 0 Å². The molecule has 8 heteroatoms. The normalized spacial score (nSPS) is 17.3. The minimum atomic E-state index is -1.02. The molecule has 172 valence electrons. The van der Waals surface area contributed by atoms with Crippen molar-refractivity contribution in [2.24, 2.45) is 5.92 Å². The number of nitrogens with one attached hydrogen (secondary N) is 1. The van der Waals surface area contributed by atoms with E-state index in [4.69, 9.17) is 4.52 Å². The average Bonchev–Trinajstić information content (AvgIpc) is 3.57. The molecule has 0 bridgehead atoms. The molecule has 1 N–H and O–H groups in total. The Morgan fingerprint density at radius 3 is 2.52 bits per heavy atom. The first-order valence-electron chi connectivity index (χ1n) is 11.4. The van der Waals surface area contributed by atoms with Gasteiger partial charge in [0.05, 0.1) is 0 Å². The van der Waals surface area contributed by atoms with Gasteiger partial charge in [0.15, 0.2) is 0 Å². The van der Waals surface area contributed by atoms with Gasteiger partial charge >= 0.3 is 189 Å². The SMILES string of the molecule is O=C(c1cc(Cc2ccccc2)on1)N(CC1CCNCC1)c1ccc([As]2SCCS2)cc1. The molecule has 2 saturated heterocycles. The Hall–Kier alpha value is -1.66. The molecule has 2 aliphatic rings. The zero-order valence-electron chi connectivity index (χ0n) is 18.5. The van der Waals surface area contributed by atoms with E-state index in [0.29, 0.717) is 30.3 Å². The number of carbonyl (C=O) groups is 1. The molecule has 5 rings (SSSR count). The van der Waals surface area contributed by atoms with Crippen LogP contribution in [-0.4, -0.2) is 54.5 Å². The van der Waals surface area contributed by atoms with Crippen molar-refractivity contribution in [3.05, 3.63) is 77.7 Å². The summed E-state index contributed by atoms with van der Waals surface area (Å²) in [5.41, 5.74) is 2.48. The van der Waals surface area contributed by atoms with E-state index in [1.165, 1.54) is 15.9 Å². The summed E-state index contributed by atoms with van der Waals surface area (Å²) in [5, 5.41) is 7.58. The number of carbonyl (C=O) groups excluding carboxylic acids is 1. The van der Waals surface area contributed by atoms with E-state index < -0.39 is 12.3 Å². The molecule has 0 unspecified atom stereocenters. The van der Waals surface area contributed by atoms with Gasteiger partial charge in [0, 0.05) is 0 Å². The van der Waals surface area contributed by atoms with Crippen LogP contribution in [0, 0.1) is 5.92 Å². The quantitative estimate of drug-likeness (QED) is 0.455. The van der Waals surface area contributed by atoms with Crippen molar-refractivity contribution in [2.45, 2.75) is 19.3 Å². The fourth-order valence-corrected chi connectivity index (χ4v) is 18.4. The first kappa shape index (κ1) is 23.1. The second-order valence-corrected chi connectivity index (χ2v) is 20.1. The summed E-state index contributed by atoms with van der Waals surface area (Å²) in [5.74, 6) is 3.66. The first-order chi connectivity index (χ1) is 16.3. The molecular formula is C25H28AsN3O2S2. The van der Waals surface area contributed by atoms with Crippen LogP contribution in [0.25, 0.3) is 0 Å². The van der Waals surface area contributed by atoms with Crippen LogP contribution < -0.4 is 14.6 Å². The van der Waals surface area contributed by atoms with Gasteiger partial charge in [-0.25, -0.2) is 0 Å². The number of rotatable bonds is 7. The number of piperidine rings is 1. The van der Waals surface area contributed by atoms with Crippen molar-refractivity contribution in [1.82, 2.24) is 10.5 Å². The number of benzene rings is 2. The standard InChI is InChI=1S/C25H28AsN3O2S2/c30-25(24-17-23(31-28-24)16-19-4-2-1-3-5-19)29(18-20-10-12-27-13-11-20)22-8-6-21(7-9-22)26-32-14-15-33-26/h1-9,17,20,27H,10-16,18H2. The zero-order chi connectivity index (χ0) is 22.5. The predicted molar refractivity (Wildman–Crippen MR) is 140 cm³/mol. The molecule has 2 aliphatic heterocycles. The van der Waals surface area contributed by atoms with Gasteiger partial charge in [0.25, 0.3) is 0 Å². The second kappa shape index (κ2) is 11.2. The molecule has 3 aromatic rings. The van der Waals surface area contributed by atoms with Crippen LogP contribution in [0.1, 0.15) is 34.7 Å². The monoisotopic (exact) mass is 541 g/mol. The fraction of sp³-hybridized carbons (Fsp3) is 0.360. The van der Waals surface area contributed by atoms with Crippen LogP contribution in [0.15, 0.2) is 65.2 Å². The van der Waals surface area contributed by atoms with Gasteiger partial charge in [0.2, 0.25) is 0 Å². The molecule has 0 radical (unpaired) electrons.